The minimum absolute atomic E-state index is 0.123. The number of pyridine rings is 1. The number of aromatic nitrogens is 1. The van der Waals surface area contributed by atoms with Crippen molar-refractivity contribution in [2.45, 2.75) is 6.54 Å². The summed E-state index contributed by atoms with van der Waals surface area (Å²) in [6.07, 6.45) is 1.84. The first-order valence-electron chi connectivity index (χ1n) is 7.15. The highest BCUT2D eigenvalue weighted by molar-refractivity contribution is 5.77. The van der Waals surface area contributed by atoms with Crippen molar-refractivity contribution in [2.24, 2.45) is 11.8 Å². The van der Waals surface area contributed by atoms with Gasteiger partial charge in [0.2, 0.25) is 5.91 Å². The molecule has 1 aromatic heterocycles. The summed E-state index contributed by atoms with van der Waals surface area (Å²) in [5.74, 6) is 1.34. The van der Waals surface area contributed by atoms with Gasteiger partial charge in [-0.1, -0.05) is 6.07 Å². The first-order chi connectivity index (χ1) is 9.76. The molecule has 1 amide bonds. The van der Waals surface area contributed by atoms with Crippen LogP contribution in [0.25, 0.3) is 0 Å². The summed E-state index contributed by atoms with van der Waals surface area (Å²) in [5.41, 5.74) is 1.12. The van der Waals surface area contributed by atoms with Gasteiger partial charge in [-0.3, -0.25) is 14.7 Å². The Labute approximate surface area is 119 Å². The maximum Gasteiger partial charge on any atom is 0.248 e. The van der Waals surface area contributed by atoms with Crippen LogP contribution in [0.1, 0.15) is 5.69 Å². The molecule has 5 heteroatoms. The molecule has 0 bridgehead atoms. The lowest BCUT2D eigenvalue weighted by molar-refractivity contribution is -0.134. The van der Waals surface area contributed by atoms with Gasteiger partial charge in [-0.2, -0.15) is 0 Å². The summed E-state index contributed by atoms with van der Waals surface area (Å²) in [6.45, 7) is 5.02. The molecule has 0 spiro atoms. The summed E-state index contributed by atoms with van der Waals surface area (Å²) in [7, 11) is 1.57. The normalized spacial score (nSPS) is 25.9. The second kappa shape index (κ2) is 5.89. The number of carbonyl (C=O) groups is 1. The fourth-order valence-electron chi connectivity index (χ4n) is 3.36. The van der Waals surface area contributed by atoms with Crippen molar-refractivity contribution < 1.29 is 9.53 Å². The molecule has 0 N–H and O–H groups in total. The van der Waals surface area contributed by atoms with Crippen LogP contribution in [0.5, 0.6) is 0 Å². The van der Waals surface area contributed by atoms with Crippen LogP contribution in [0.4, 0.5) is 0 Å². The van der Waals surface area contributed by atoms with Crippen LogP contribution < -0.4 is 0 Å². The molecule has 0 saturated carbocycles. The average molecular weight is 275 g/mol. The van der Waals surface area contributed by atoms with Crippen molar-refractivity contribution in [3.8, 4) is 0 Å². The van der Waals surface area contributed by atoms with Gasteiger partial charge in [-0.25, -0.2) is 0 Å². The van der Waals surface area contributed by atoms with Gasteiger partial charge in [0.1, 0.15) is 6.61 Å². The zero-order chi connectivity index (χ0) is 13.9. The summed E-state index contributed by atoms with van der Waals surface area (Å²) >= 11 is 0. The third kappa shape index (κ3) is 2.83. The highest BCUT2D eigenvalue weighted by Gasteiger charge is 2.41. The topological polar surface area (TPSA) is 45.7 Å². The molecule has 5 nitrogen and oxygen atoms in total. The first-order valence-corrected chi connectivity index (χ1v) is 7.15. The van der Waals surface area contributed by atoms with Crippen molar-refractivity contribution in [3.63, 3.8) is 0 Å². The van der Waals surface area contributed by atoms with Crippen molar-refractivity contribution in [1.29, 1.82) is 0 Å². The molecular formula is C15H21N3O2. The minimum Gasteiger partial charge on any atom is -0.375 e. The van der Waals surface area contributed by atoms with Crippen molar-refractivity contribution >= 4 is 5.91 Å². The Kier molecular flexibility index (Phi) is 3.98. The molecule has 2 aliphatic rings. The lowest BCUT2D eigenvalue weighted by atomic mass is 10.0. The van der Waals surface area contributed by atoms with Crippen LogP contribution >= 0.6 is 0 Å². The minimum atomic E-state index is 0.123. The van der Waals surface area contributed by atoms with E-state index in [2.05, 4.69) is 16.0 Å². The molecule has 3 rings (SSSR count). The summed E-state index contributed by atoms with van der Waals surface area (Å²) in [4.78, 5) is 20.6. The van der Waals surface area contributed by atoms with Gasteiger partial charge in [-0.05, 0) is 24.0 Å². The molecule has 2 atom stereocenters. The third-order valence-corrected chi connectivity index (χ3v) is 4.29. The number of ether oxygens (including phenoxy) is 1. The average Bonchev–Trinajstić information content (AvgIpc) is 2.98. The van der Waals surface area contributed by atoms with Crippen molar-refractivity contribution in [3.05, 3.63) is 30.1 Å². The summed E-state index contributed by atoms with van der Waals surface area (Å²) < 4.78 is 4.93. The first kappa shape index (κ1) is 13.5. The Bertz CT molecular complexity index is 451. The molecule has 0 aliphatic carbocycles. The Hall–Kier alpha value is -1.46. The number of carbonyl (C=O) groups excluding carboxylic acids is 1. The number of fused-ring (bicyclic) bond motifs is 1. The predicted octanol–water partition coefficient (Wildman–Crippen LogP) is 0.618. The molecule has 2 saturated heterocycles. The molecule has 108 valence electrons. The van der Waals surface area contributed by atoms with E-state index >= 15 is 0 Å². The van der Waals surface area contributed by atoms with Crippen LogP contribution in [0.15, 0.2) is 24.4 Å². The Morgan fingerprint density at radius 1 is 1.30 bits per heavy atom. The monoisotopic (exact) mass is 275 g/mol. The van der Waals surface area contributed by atoms with Gasteiger partial charge in [0.05, 0.1) is 5.69 Å². The van der Waals surface area contributed by atoms with Crippen molar-refractivity contribution in [2.75, 3.05) is 39.9 Å². The quantitative estimate of drug-likeness (QED) is 0.808. The zero-order valence-electron chi connectivity index (χ0n) is 11.9. The molecule has 2 unspecified atom stereocenters. The number of rotatable bonds is 4. The van der Waals surface area contributed by atoms with Crippen LogP contribution in [0, 0.1) is 11.8 Å². The standard InChI is InChI=1S/C15H21N3O2/c1-20-11-15(19)18-8-12-6-17(7-13(12)9-18)10-14-4-2-3-5-16-14/h2-5,12-13H,6-11H2,1H3. The second-order valence-corrected chi connectivity index (χ2v) is 5.77. The van der Waals surface area contributed by atoms with Gasteiger partial charge in [0, 0.05) is 46.0 Å². The summed E-state index contributed by atoms with van der Waals surface area (Å²) in [5, 5.41) is 0. The SMILES string of the molecule is COCC(=O)N1CC2CN(Cc3ccccn3)CC2C1. The molecule has 0 radical (unpaired) electrons. The lowest BCUT2D eigenvalue weighted by Crippen LogP contribution is -2.35. The fourth-order valence-corrected chi connectivity index (χ4v) is 3.36. The molecule has 3 heterocycles. The van der Waals surface area contributed by atoms with E-state index < -0.39 is 0 Å². The smallest absolute Gasteiger partial charge is 0.248 e. The van der Waals surface area contributed by atoms with Crippen molar-refractivity contribution in [1.82, 2.24) is 14.8 Å². The molecule has 2 fully saturated rings. The van der Waals surface area contributed by atoms with Crippen LogP contribution in [0.2, 0.25) is 0 Å². The maximum absolute atomic E-state index is 11.8. The molecular weight excluding hydrogens is 254 g/mol. The van der Waals surface area contributed by atoms with E-state index in [4.69, 9.17) is 4.74 Å². The van der Waals surface area contributed by atoms with Gasteiger partial charge < -0.3 is 9.64 Å². The van der Waals surface area contributed by atoms with Gasteiger partial charge in [-0.15, -0.1) is 0 Å². The highest BCUT2D eigenvalue weighted by Crippen LogP contribution is 2.31. The van der Waals surface area contributed by atoms with E-state index in [0.717, 1.165) is 38.4 Å². The molecule has 20 heavy (non-hydrogen) atoms. The number of amides is 1. The molecule has 2 aliphatic heterocycles. The van der Waals surface area contributed by atoms with E-state index in [9.17, 15) is 4.79 Å². The van der Waals surface area contributed by atoms with E-state index in [1.54, 1.807) is 7.11 Å². The highest BCUT2D eigenvalue weighted by atomic mass is 16.5. The van der Waals surface area contributed by atoms with E-state index in [0.29, 0.717) is 11.8 Å². The van der Waals surface area contributed by atoms with Gasteiger partial charge in [0.25, 0.3) is 0 Å². The zero-order valence-corrected chi connectivity index (χ0v) is 11.9. The molecule has 0 aromatic carbocycles. The largest absolute Gasteiger partial charge is 0.375 e. The maximum atomic E-state index is 11.8. The third-order valence-electron chi connectivity index (χ3n) is 4.29. The fraction of sp³-hybridized carbons (Fsp3) is 0.600. The predicted molar refractivity (Wildman–Crippen MR) is 75.0 cm³/mol. The number of nitrogens with zero attached hydrogens (tertiary/aromatic N) is 3. The van der Waals surface area contributed by atoms with E-state index in [1.807, 2.05) is 23.2 Å². The number of hydrogen-bond donors (Lipinski definition) is 0. The van der Waals surface area contributed by atoms with Gasteiger partial charge in [0.15, 0.2) is 0 Å². The number of hydrogen-bond acceptors (Lipinski definition) is 4. The van der Waals surface area contributed by atoms with E-state index in [-0.39, 0.29) is 12.5 Å². The molecule has 1 aromatic rings. The lowest BCUT2D eigenvalue weighted by Gasteiger charge is -2.21. The van der Waals surface area contributed by atoms with Crippen LogP contribution in [-0.4, -0.2) is 60.6 Å². The summed E-state index contributed by atoms with van der Waals surface area (Å²) in [6, 6.07) is 6.05. The van der Waals surface area contributed by atoms with E-state index in [1.165, 1.54) is 0 Å². The van der Waals surface area contributed by atoms with Crippen LogP contribution in [-0.2, 0) is 16.1 Å². The number of methoxy groups -OCH3 is 1. The Morgan fingerprint density at radius 3 is 2.65 bits per heavy atom. The van der Waals surface area contributed by atoms with Gasteiger partial charge >= 0.3 is 0 Å². The number of likely N-dealkylation sites (tertiary alicyclic amines) is 2. The Balaban J connectivity index is 1.52. The van der Waals surface area contributed by atoms with Crippen LogP contribution in [0.3, 0.4) is 0 Å². The Morgan fingerprint density at radius 2 is 2.05 bits per heavy atom. The second-order valence-electron chi connectivity index (χ2n) is 5.77.